The van der Waals surface area contributed by atoms with E-state index in [1.54, 1.807) is 18.2 Å². The second-order valence-corrected chi connectivity index (χ2v) is 10.4. The number of methoxy groups -OCH3 is 1. The number of carbonyl (C=O) groups is 2. The molecule has 1 heterocycles. The average molecular weight is 549 g/mol. The van der Waals surface area contributed by atoms with E-state index in [-0.39, 0.29) is 29.9 Å². The number of aliphatic hydroxyl groups excluding tert-OH is 2. The third-order valence-electron chi connectivity index (χ3n) is 7.97. The standard InChI is InChI=1S/C30H36BNO8/c1-3-18(13-19-7-4-5-10-25(19)34)11-12-26(35)27-20(17-40-2)14-23-28(24(27)16-33)30(37)32(29(23)36)22-9-6-8-21(15-22)31(38)39/h4-10,13,15,23-24,26,28,33-35,38-39H,3,11-12,14,16-17H2,1-2H3/b18-13+/t23-,24+,26-,28-/m1/s1. The molecule has 0 aromatic heterocycles. The monoisotopic (exact) mass is 549 g/mol. The maximum atomic E-state index is 13.7. The molecule has 2 aromatic rings. The Morgan fingerprint density at radius 2 is 1.90 bits per heavy atom. The molecule has 0 spiro atoms. The predicted octanol–water partition coefficient (Wildman–Crippen LogP) is 1.77. The lowest BCUT2D eigenvalue weighted by Gasteiger charge is -2.36. The summed E-state index contributed by atoms with van der Waals surface area (Å²) in [5.41, 5.74) is 3.31. The van der Waals surface area contributed by atoms with Gasteiger partial charge in [-0.15, -0.1) is 0 Å². The summed E-state index contributed by atoms with van der Waals surface area (Å²) in [4.78, 5) is 28.3. The van der Waals surface area contributed by atoms with Gasteiger partial charge in [-0.25, -0.2) is 0 Å². The number of allylic oxidation sites excluding steroid dienone is 1. The molecule has 0 radical (unpaired) electrons. The summed E-state index contributed by atoms with van der Waals surface area (Å²) >= 11 is 0. The van der Waals surface area contributed by atoms with Crippen LogP contribution >= 0.6 is 0 Å². The zero-order chi connectivity index (χ0) is 29.0. The smallest absolute Gasteiger partial charge is 0.488 e. The van der Waals surface area contributed by atoms with Crippen molar-refractivity contribution in [3.05, 3.63) is 70.8 Å². The molecule has 10 heteroatoms. The molecule has 1 aliphatic heterocycles. The lowest BCUT2D eigenvalue weighted by Crippen LogP contribution is -2.40. The third-order valence-corrected chi connectivity index (χ3v) is 7.97. The summed E-state index contributed by atoms with van der Waals surface area (Å²) in [6.07, 6.45) is 2.69. The molecule has 1 fully saturated rings. The van der Waals surface area contributed by atoms with E-state index in [0.29, 0.717) is 36.0 Å². The number of rotatable bonds is 11. The number of imide groups is 1. The SMILES string of the molecule is CC/C(=C\c1ccccc1O)CC[C@@H](O)C1=C(COC)C[C@H]2C(=O)N(c3cccc(B(O)O)c3)C(=O)[C@H]2[C@H]1CO. The predicted molar refractivity (Wildman–Crippen MR) is 151 cm³/mol. The number of phenolic OH excluding ortho intramolecular Hbond substituents is 1. The molecule has 212 valence electrons. The van der Waals surface area contributed by atoms with E-state index in [2.05, 4.69) is 0 Å². The number of benzene rings is 2. The minimum atomic E-state index is -1.76. The van der Waals surface area contributed by atoms with Gasteiger partial charge in [-0.1, -0.05) is 48.9 Å². The number of hydrogen-bond donors (Lipinski definition) is 5. The fraction of sp³-hybridized carbons (Fsp3) is 0.400. The van der Waals surface area contributed by atoms with Gasteiger partial charge in [0.15, 0.2) is 0 Å². The van der Waals surface area contributed by atoms with Crippen molar-refractivity contribution in [1.29, 1.82) is 0 Å². The van der Waals surface area contributed by atoms with Crippen LogP contribution in [0.15, 0.2) is 65.3 Å². The van der Waals surface area contributed by atoms with E-state index in [4.69, 9.17) is 4.74 Å². The number of amides is 2. The Labute approximate surface area is 234 Å². The first-order chi connectivity index (χ1) is 19.2. The number of aromatic hydroxyl groups is 1. The Bertz CT molecular complexity index is 1310. The van der Waals surface area contributed by atoms with Crippen LogP contribution in [0.5, 0.6) is 5.75 Å². The minimum Gasteiger partial charge on any atom is -0.507 e. The van der Waals surface area contributed by atoms with E-state index in [1.165, 1.54) is 25.3 Å². The zero-order valence-electron chi connectivity index (χ0n) is 22.7. The summed E-state index contributed by atoms with van der Waals surface area (Å²) in [7, 11) is -0.245. The van der Waals surface area contributed by atoms with Gasteiger partial charge in [0.25, 0.3) is 0 Å². The molecule has 0 saturated carbocycles. The van der Waals surface area contributed by atoms with Crippen LogP contribution in [-0.2, 0) is 14.3 Å². The van der Waals surface area contributed by atoms with Gasteiger partial charge in [-0.3, -0.25) is 14.5 Å². The van der Waals surface area contributed by atoms with Crippen LogP contribution in [0.3, 0.4) is 0 Å². The van der Waals surface area contributed by atoms with Gasteiger partial charge in [-0.05, 0) is 60.5 Å². The van der Waals surface area contributed by atoms with Crippen molar-refractivity contribution in [3.63, 3.8) is 0 Å². The van der Waals surface area contributed by atoms with Crippen molar-refractivity contribution in [1.82, 2.24) is 0 Å². The molecule has 9 nitrogen and oxygen atoms in total. The van der Waals surface area contributed by atoms with Crippen LogP contribution in [0.2, 0.25) is 0 Å². The minimum absolute atomic E-state index is 0.143. The molecule has 0 unspecified atom stereocenters. The van der Waals surface area contributed by atoms with Gasteiger partial charge in [0.05, 0.1) is 36.8 Å². The molecular weight excluding hydrogens is 513 g/mol. The van der Waals surface area contributed by atoms with Crippen molar-refractivity contribution in [2.75, 3.05) is 25.2 Å². The first-order valence-corrected chi connectivity index (χ1v) is 13.5. The molecule has 1 saturated heterocycles. The number of carbonyl (C=O) groups excluding carboxylic acids is 2. The van der Waals surface area contributed by atoms with Crippen molar-refractivity contribution in [2.45, 2.75) is 38.7 Å². The first-order valence-electron chi connectivity index (χ1n) is 13.5. The van der Waals surface area contributed by atoms with Crippen molar-refractivity contribution in [3.8, 4) is 5.75 Å². The van der Waals surface area contributed by atoms with E-state index in [1.807, 2.05) is 25.1 Å². The topological polar surface area (TPSA) is 148 Å². The fourth-order valence-electron chi connectivity index (χ4n) is 6.00. The van der Waals surface area contributed by atoms with E-state index in [0.717, 1.165) is 10.5 Å². The van der Waals surface area contributed by atoms with Crippen LogP contribution in [0, 0.1) is 17.8 Å². The molecule has 5 N–H and O–H groups in total. The van der Waals surface area contributed by atoms with E-state index < -0.39 is 49.4 Å². The highest BCUT2D eigenvalue weighted by atomic mass is 16.5. The molecule has 4 rings (SSSR count). The maximum Gasteiger partial charge on any atom is 0.488 e. The average Bonchev–Trinajstić information content (AvgIpc) is 3.20. The summed E-state index contributed by atoms with van der Waals surface area (Å²) in [6.45, 7) is 1.71. The normalized spacial score (nSPS) is 22.1. The van der Waals surface area contributed by atoms with Gasteiger partial charge in [0.2, 0.25) is 11.8 Å². The molecule has 1 aliphatic carbocycles. The number of fused-ring (bicyclic) bond motifs is 1. The molecular formula is C30H36BNO8. The molecule has 2 aromatic carbocycles. The summed E-state index contributed by atoms with van der Waals surface area (Å²) in [5.74, 6) is -3.13. The number of hydrogen-bond acceptors (Lipinski definition) is 8. The van der Waals surface area contributed by atoms with Crippen molar-refractivity contribution < 1.29 is 39.7 Å². The number of para-hydroxylation sites is 1. The van der Waals surface area contributed by atoms with E-state index >= 15 is 0 Å². The van der Waals surface area contributed by atoms with Gasteiger partial charge in [0, 0.05) is 18.6 Å². The first kappa shape index (κ1) is 29.7. The highest BCUT2D eigenvalue weighted by molar-refractivity contribution is 6.58. The molecule has 2 amide bonds. The largest absolute Gasteiger partial charge is 0.507 e. The number of nitrogens with zero attached hydrogens (tertiary/aromatic N) is 1. The third kappa shape index (κ3) is 5.91. The fourth-order valence-corrected chi connectivity index (χ4v) is 6.00. The lowest BCUT2D eigenvalue weighted by atomic mass is 9.68. The maximum absolute atomic E-state index is 13.7. The van der Waals surface area contributed by atoms with Gasteiger partial charge in [-0.2, -0.15) is 0 Å². The number of anilines is 1. The molecule has 4 atom stereocenters. The van der Waals surface area contributed by atoms with Crippen LogP contribution in [-0.4, -0.2) is 70.7 Å². The highest BCUT2D eigenvalue weighted by Gasteiger charge is 2.55. The summed E-state index contributed by atoms with van der Waals surface area (Å²) in [6, 6.07) is 13.0. The quantitative estimate of drug-likeness (QED) is 0.162. The van der Waals surface area contributed by atoms with E-state index in [9.17, 15) is 35.0 Å². The van der Waals surface area contributed by atoms with Crippen LogP contribution in [0.1, 0.15) is 38.2 Å². The van der Waals surface area contributed by atoms with Gasteiger partial charge < -0.3 is 30.1 Å². The summed E-state index contributed by atoms with van der Waals surface area (Å²) < 4.78 is 5.40. The van der Waals surface area contributed by atoms with Crippen molar-refractivity contribution >= 4 is 36.2 Å². The van der Waals surface area contributed by atoms with Crippen molar-refractivity contribution in [2.24, 2.45) is 17.8 Å². The lowest BCUT2D eigenvalue weighted by molar-refractivity contribution is -0.123. The number of aliphatic hydroxyl groups is 2. The Balaban J connectivity index is 1.62. The Hall–Kier alpha value is -3.28. The molecule has 0 bridgehead atoms. The number of phenols is 1. The van der Waals surface area contributed by atoms with Gasteiger partial charge in [0.1, 0.15) is 5.75 Å². The second kappa shape index (κ2) is 12.9. The summed E-state index contributed by atoms with van der Waals surface area (Å²) in [5, 5.41) is 51.2. The highest BCUT2D eigenvalue weighted by Crippen LogP contribution is 2.47. The van der Waals surface area contributed by atoms with Crippen LogP contribution < -0.4 is 10.4 Å². The Kier molecular flexibility index (Phi) is 9.60. The van der Waals surface area contributed by atoms with Crippen LogP contribution in [0.25, 0.3) is 6.08 Å². The Morgan fingerprint density at radius 3 is 2.55 bits per heavy atom. The Morgan fingerprint density at radius 1 is 1.15 bits per heavy atom. The molecule has 40 heavy (non-hydrogen) atoms. The van der Waals surface area contributed by atoms with Gasteiger partial charge >= 0.3 is 7.12 Å². The van der Waals surface area contributed by atoms with Crippen LogP contribution in [0.4, 0.5) is 5.69 Å². The number of ether oxygens (including phenoxy) is 1. The molecule has 2 aliphatic rings. The second-order valence-electron chi connectivity index (χ2n) is 10.4. The zero-order valence-corrected chi connectivity index (χ0v) is 22.7.